The van der Waals surface area contributed by atoms with Crippen LogP contribution in [0.2, 0.25) is 0 Å². The van der Waals surface area contributed by atoms with Crippen LogP contribution >= 0.6 is 0 Å². The topological polar surface area (TPSA) is 20.2 Å². The summed E-state index contributed by atoms with van der Waals surface area (Å²) in [6.45, 7) is 7.62. The lowest BCUT2D eigenvalue weighted by atomic mass is 9.44. The van der Waals surface area contributed by atoms with Crippen LogP contribution < -0.4 is 0 Å². The van der Waals surface area contributed by atoms with E-state index in [-0.39, 0.29) is 6.10 Å². The lowest BCUT2D eigenvalue weighted by molar-refractivity contribution is -0.161. The highest BCUT2D eigenvalue weighted by Crippen LogP contribution is 2.67. The Bertz CT molecular complexity index is 418. The fourth-order valence-corrected chi connectivity index (χ4v) is 7.52. The second kappa shape index (κ2) is 4.73. The summed E-state index contributed by atoms with van der Waals surface area (Å²) in [5, 5.41) is 11.0. The van der Waals surface area contributed by atoms with Crippen LogP contribution in [0.5, 0.6) is 0 Å². The van der Waals surface area contributed by atoms with Crippen LogP contribution in [0.3, 0.4) is 0 Å². The Balaban J connectivity index is 1.69. The zero-order valence-corrected chi connectivity index (χ0v) is 14.3. The van der Waals surface area contributed by atoms with Crippen molar-refractivity contribution in [2.24, 2.45) is 40.4 Å². The molecule has 0 aromatic heterocycles. The van der Waals surface area contributed by atoms with Crippen molar-refractivity contribution in [1.82, 2.24) is 0 Å². The molecule has 0 spiro atoms. The van der Waals surface area contributed by atoms with Crippen molar-refractivity contribution in [1.29, 1.82) is 0 Å². The molecule has 1 N–H and O–H groups in total. The van der Waals surface area contributed by atoms with Crippen molar-refractivity contribution in [2.45, 2.75) is 84.7 Å². The van der Waals surface area contributed by atoms with Gasteiger partial charge in [0.15, 0.2) is 0 Å². The average molecular weight is 290 g/mol. The van der Waals surface area contributed by atoms with Crippen molar-refractivity contribution in [3.8, 4) is 0 Å². The molecule has 4 aliphatic carbocycles. The second-order valence-electron chi connectivity index (χ2n) is 9.56. The Morgan fingerprint density at radius 3 is 2.43 bits per heavy atom. The lowest BCUT2D eigenvalue weighted by Gasteiger charge is -2.61. The molecule has 0 aromatic rings. The Kier molecular flexibility index (Phi) is 3.27. The van der Waals surface area contributed by atoms with Crippen LogP contribution in [0.4, 0.5) is 0 Å². The van der Waals surface area contributed by atoms with E-state index >= 15 is 0 Å². The van der Waals surface area contributed by atoms with Gasteiger partial charge in [-0.1, -0.05) is 33.6 Å². The molecule has 0 radical (unpaired) electrons. The minimum absolute atomic E-state index is 0.00102. The van der Waals surface area contributed by atoms with Gasteiger partial charge in [0, 0.05) is 0 Å². The van der Waals surface area contributed by atoms with Gasteiger partial charge in [-0.15, -0.1) is 0 Å². The van der Waals surface area contributed by atoms with Crippen LogP contribution in [0.25, 0.3) is 0 Å². The van der Waals surface area contributed by atoms with Gasteiger partial charge in [-0.05, 0) is 85.4 Å². The molecule has 0 amide bonds. The predicted molar refractivity (Wildman–Crippen MR) is 86.9 cm³/mol. The molecule has 8 atom stereocenters. The van der Waals surface area contributed by atoms with Gasteiger partial charge in [0.2, 0.25) is 0 Å². The fourth-order valence-electron chi connectivity index (χ4n) is 7.52. The first-order valence-electron chi connectivity index (χ1n) is 9.65. The molecule has 4 rings (SSSR count). The molecule has 0 bridgehead atoms. The predicted octanol–water partition coefficient (Wildman–Crippen LogP) is 5.03. The highest BCUT2D eigenvalue weighted by atomic mass is 16.3. The smallest absolute Gasteiger partial charge is 0.0577 e. The van der Waals surface area contributed by atoms with Crippen LogP contribution in [-0.2, 0) is 0 Å². The van der Waals surface area contributed by atoms with Gasteiger partial charge in [-0.3, -0.25) is 0 Å². The van der Waals surface area contributed by atoms with E-state index in [1.54, 1.807) is 0 Å². The van der Waals surface area contributed by atoms with E-state index in [4.69, 9.17) is 0 Å². The lowest BCUT2D eigenvalue weighted by Crippen LogP contribution is -2.57. The molecule has 0 heterocycles. The van der Waals surface area contributed by atoms with Crippen molar-refractivity contribution in [3.05, 3.63) is 0 Å². The molecule has 8 unspecified atom stereocenters. The second-order valence-corrected chi connectivity index (χ2v) is 9.56. The maximum Gasteiger partial charge on any atom is 0.0577 e. The van der Waals surface area contributed by atoms with Gasteiger partial charge in [0.25, 0.3) is 0 Å². The highest BCUT2D eigenvalue weighted by Gasteiger charge is 2.61. The van der Waals surface area contributed by atoms with Crippen molar-refractivity contribution in [2.75, 3.05) is 0 Å². The molecule has 21 heavy (non-hydrogen) atoms. The number of rotatable bonds is 0. The molecule has 0 aliphatic heterocycles. The SMILES string of the molecule is CC1CCC2C3C(O)CC4CCCCC4(C)C3CCC12C. The molecule has 4 aliphatic rings. The third-order valence-electron chi connectivity index (χ3n) is 9.07. The van der Waals surface area contributed by atoms with Crippen LogP contribution in [0, 0.1) is 40.4 Å². The van der Waals surface area contributed by atoms with Crippen LogP contribution in [0.15, 0.2) is 0 Å². The van der Waals surface area contributed by atoms with E-state index in [0.29, 0.717) is 16.7 Å². The number of fused-ring (bicyclic) bond motifs is 5. The van der Waals surface area contributed by atoms with Crippen molar-refractivity contribution < 1.29 is 5.11 Å². The molecular formula is C20H34O. The minimum atomic E-state index is 0.00102. The Labute approximate surface area is 130 Å². The van der Waals surface area contributed by atoms with Gasteiger partial charge in [0.05, 0.1) is 6.10 Å². The zero-order chi connectivity index (χ0) is 14.8. The first-order valence-corrected chi connectivity index (χ1v) is 9.65. The van der Waals surface area contributed by atoms with Crippen LogP contribution in [-0.4, -0.2) is 11.2 Å². The fraction of sp³-hybridized carbons (Fsp3) is 1.00. The summed E-state index contributed by atoms with van der Waals surface area (Å²) in [6.07, 6.45) is 12.4. The van der Waals surface area contributed by atoms with E-state index in [1.807, 2.05) is 0 Å². The first kappa shape index (κ1) is 14.5. The number of hydrogen-bond donors (Lipinski definition) is 1. The number of hydrogen-bond acceptors (Lipinski definition) is 1. The van der Waals surface area contributed by atoms with Crippen molar-refractivity contribution in [3.63, 3.8) is 0 Å². The zero-order valence-electron chi connectivity index (χ0n) is 14.3. The van der Waals surface area contributed by atoms with E-state index in [9.17, 15) is 5.11 Å². The summed E-state index contributed by atoms with van der Waals surface area (Å²) in [7, 11) is 0. The number of aliphatic hydroxyl groups excluding tert-OH is 1. The highest BCUT2D eigenvalue weighted by molar-refractivity contribution is 5.10. The normalized spacial score (nSPS) is 60.0. The summed E-state index contributed by atoms with van der Waals surface area (Å²) >= 11 is 0. The summed E-state index contributed by atoms with van der Waals surface area (Å²) in [5.41, 5.74) is 1.08. The van der Waals surface area contributed by atoms with Gasteiger partial charge < -0.3 is 5.11 Å². The van der Waals surface area contributed by atoms with Gasteiger partial charge >= 0.3 is 0 Å². The molecular weight excluding hydrogens is 256 g/mol. The molecule has 4 saturated carbocycles. The quantitative estimate of drug-likeness (QED) is 0.663. The molecule has 4 fully saturated rings. The third kappa shape index (κ3) is 1.85. The summed E-state index contributed by atoms with van der Waals surface area (Å²) < 4.78 is 0. The van der Waals surface area contributed by atoms with Gasteiger partial charge in [0.1, 0.15) is 0 Å². The van der Waals surface area contributed by atoms with Gasteiger partial charge in [-0.2, -0.15) is 0 Å². The third-order valence-corrected chi connectivity index (χ3v) is 9.07. The average Bonchev–Trinajstić information content (AvgIpc) is 2.76. The molecule has 0 saturated heterocycles. The van der Waals surface area contributed by atoms with Crippen molar-refractivity contribution >= 4 is 0 Å². The number of aliphatic hydroxyl groups is 1. The maximum absolute atomic E-state index is 11.0. The van der Waals surface area contributed by atoms with Gasteiger partial charge in [-0.25, -0.2) is 0 Å². The Morgan fingerprint density at radius 1 is 0.857 bits per heavy atom. The molecule has 1 heteroatoms. The van der Waals surface area contributed by atoms with E-state index in [2.05, 4.69) is 20.8 Å². The largest absolute Gasteiger partial charge is 0.393 e. The van der Waals surface area contributed by atoms with E-state index in [1.165, 1.54) is 51.4 Å². The maximum atomic E-state index is 11.0. The first-order chi connectivity index (χ1) is 9.97. The van der Waals surface area contributed by atoms with E-state index < -0.39 is 0 Å². The van der Waals surface area contributed by atoms with E-state index in [0.717, 1.165) is 30.1 Å². The van der Waals surface area contributed by atoms with Crippen LogP contribution in [0.1, 0.15) is 78.6 Å². The Morgan fingerprint density at radius 2 is 1.62 bits per heavy atom. The monoisotopic (exact) mass is 290 g/mol. The molecule has 0 aromatic carbocycles. The summed E-state index contributed by atoms with van der Waals surface area (Å²) in [6, 6.07) is 0. The molecule has 120 valence electrons. The minimum Gasteiger partial charge on any atom is -0.393 e. The molecule has 1 nitrogen and oxygen atoms in total. The standard InChI is InChI=1S/C20H34O/c1-13-7-8-15-18-16(9-11-19(13,15)2)20(3)10-5-4-6-14(20)12-17(18)21/h13-18,21H,4-12H2,1-3H3. The summed E-state index contributed by atoms with van der Waals surface area (Å²) in [4.78, 5) is 0. The summed E-state index contributed by atoms with van der Waals surface area (Å²) in [5.74, 6) is 3.92. The Hall–Kier alpha value is -0.0400.